The number of hydrogen-bond acceptors (Lipinski definition) is 4. The van der Waals surface area contributed by atoms with Crippen molar-refractivity contribution >= 4 is 17.5 Å². The number of piperazine rings is 1. The zero-order valence-electron chi connectivity index (χ0n) is 18.5. The van der Waals surface area contributed by atoms with Gasteiger partial charge in [-0.2, -0.15) is 18.4 Å². The number of carbonyl (C=O) groups excluding carboxylic acids is 1. The molecular formula is C23H26F3N5O. The normalized spacial score (nSPS) is 17.1. The Morgan fingerprint density at radius 2 is 1.78 bits per heavy atom. The highest BCUT2D eigenvalue weighted by atomic mass is 19.4. The van der Waals surface area contributed by atoms with Crippen molar-refractivity contribution in [1.82, 2.24) is 9.88 Å². The van der Waals surface area contributed by atoms with Gasteiger partial charge in [0.1, 0.15) is 17.6 Å². The van der Waals surface area contributed by atoms with E-state index in [1.54, 1.807) is 9.80 Å². The van der Waals surface area contributed by atoms with E-state index in [0.717, 1.165) is 17.7 Å². The van der Waals surface area contributed by atoms with E-state index in [4.69, 9.17) is 0 Å². The van der Waals surface area contributed by atoms with E-state index < -0.39 is 11.9 Å². The fourth-order valence-electron chi connectivity index (χ4n) is 3.64. The fraction of sp³-hybridized carbons (Fsp3) is 0.435. The number of urea groups is 1. The van der Waals surface area contributed by atoms with E-state index in [1.165, 1.54) is 0 Å². The van der Waals surface area contributed by atoms with Crippen LogP contribution in [-0.2, 0) is 11.6 Å². The molecule has 1 N–H and O–H groups in total. The predicted molar refractivity (Wildman–Crippen MR) is 116 cm³/mol. The van der Waals surface area contributed by atoms with E-state index in [2.05, 4.69) is 31.1 Å². The number of carbonyl (C=O) groups is 1. The smallest absolute Gasteiger partial charge is 0.352 e. The molecule has 9 heteroatoms. The summed E-state index contributed by atoms with van der Waals surface area (Å²) in [7, 11) is 0. The first-order valence-corrected chi connectivity index (χ1v) is 10.3. The van der Waals surface area contributed by atoms with Crippen LogP contribution in [0.25, 0.3) is 0 Å². The first kappa shape index (κ1) is 23.4. The Balaban J connectivity index is 1.70. The number of nitrogens with one attached hydrogen (secondary N) is 1. The van der Waals surface area contributed by atoms with Gasteiger partial charge in [-0.1, -0.05) is 32.9 Å². The molecule has 0 spiro atoms. The van der Waals surface area contributed by atoms with Gasteiger partial charge in [0, 0.05) is 31.4 Å². The van der Waals surface area contributed by atoms with Crippen LogP contribution in [0.3, 0.4) is 0 Å². The van der Waals surface area contributed by atoms with E-state index in [9.17, 15) is 23.2 Å². The minimum atomic E-state index is -4.60. The van der Waals surface area contributed by atoms with Crippen molar-refractivity contribution in [3.63, 3.8) is 0 Å². The van der Waals surface area contributed by atoms with Crippen LogP contribution < -0.4 is 10.2 Å². The number of rotatable bonds is 2. The van der Waals surface area contributed by atoms with Gasteiger partial charge in [-0.15, -0.1) is 0 Å². The summed E-state index contributed by atoms with van der Waals surface area (Å²) in [6.07, 6.45) is -4.60. The molecule has 170 valence electrons. The second kappa shape index (κ2) is 8.69. The summed E-state index contributed by atoms with van der Waals surface area (Å²) in [5.74, 6) is -0.00741. The van der Waals surface area contributed by atoms with E-state index >= 15 is 0 Å². The van der Waals surface area contributed by atoms with Gasteiger partial charge >= 0.3 is 12.2 Å². The number of nitriles is 1. The lowest BCUT2D eigenvalue weighted by Gasteiger charge is -2.40. The predicted octanol–water partition coefficient (Wildman–Crippen LogP) is 5.01. The third kappa shape index (κ3) is 5.13. The SMILES string of the molecule is C[C@@H]1CN(c2nc(C(F)(F)F)ccc2C#N)CCN1C(=O)Nc1ccc(C(C)(C)C)cc1. The number of hydrogen-bond donors (Lipinski definition) is 1. The van der Waals surface area contributed by atoms with Crippen molar-refractivity contribution in [3.8, 4) is 6.07 Å². The summed E-state index contributed by atoms with van der Waals surface area (Å²) in [5.41, 5.74) is 0.857. The number of nitrogens with zero attached hydrogens (tertiary/aromatic N) is 4. The van der Waals surface area contributed by atoms with Gasteiger partial charge in [0.25, 0.3) is 0 Å². The van der Waals surface area contributed by atoms with Gasteiger partial charge in [0.15, 0.2) is 0 Å². The highest BCUT2D eigenvalue weighted by Gasteiger charge is 2.35. The van der Waals surface area contributed by atoms with Crippen LogP contribution in [0.5, 0.6) is 0 Å². The molecule has 1 aromatic heterocycles. The number of aromatic nitrogens is 1. The highest BCUT2D eigenvalue weighted by Crippen LogP contribution is 2.31. The molecule has 0 unspecified atom stereocenters. The summed E-state index contributed by atoms with van der Waals surface area (Å²) < 4.78 is 39.3. The third-order valence-electron chi connectivity index (χ3n) is 5.48. The lowest BCUT2D eigenvalue weighted by Crippen LogP contribution is -2.55. The largest absolute Gasteiger partial charge is 0.433 e. The molecule has 0 saturated carbocycles. The van der Waals surface area contributed by atoms with Crippen molar-refractivity contribution in [3.05, 3.63) is 53.2 Å². The molecule has 2 heterocycles. The molecule has 1 fully saturated rings. The Hall–Kier alpha value is -3.28. The Morgan fingerprint density at radius 1 is 1.12 bits per heavy atom. The summed E-state index contributed by atoms with van der Waals surface area (Å²) in [6, 6.07) is 10.9. The van der Waals surface area contributed by atoms with Crippen molar-refractivity contribution in [2.45, 2.75) is 45.3 Å². The van der Waals surface area contributed by atoms with Crippen LogP contribution >= 0.6 is 0 Å². The molecule has 0 aliphatic carbocycles. The standard InChI is InChI=1S/C23H26F3N5O/c1-15-14-30(20-16(13-27)5-10-19(29-20)23(24,25)26)11-12-31(15)21(32)28-18-8-6-17(7-9-18)22(2,3)4/h5-10,15H,11-12,14H2,1-4H3,(H,28,32)/t15-/m1/s1. The van der Waals surface area contributed by atoms with Crippen LogP contribution in [0.4, 0.5) is 29.5 Å². The molecule has 2 amide bonds. The van der Waals surface area contributed by atoms with Gasteiger partial charge in [-0.3, -0.25) is 0 Å². The molecule has 1 aliphatic rings. The van der Waals surface area contributed by atoms with Crippen molar-refractivity contribution in [2.75, 3.05) is 29.9 Å². The maximum atomic E-state index is 13.1. The number of pyridine rings is 1. The Bertz CT molecular complexity index is 1020. The number of amides is 2. The first-order valence-electron chi connectivity index (χ1n) is 10.3. The van der Waals surface area contributed by atoms with E-state index in [-0.39, 0.29) is 48.5 Å². The third-order valence-corrected chi connectivity index (χ3v) is 5.48. The summed E-state index contributed by atoms with van der Waals surface area (Å²) in [5, 5.41) is 12.2. The lowest BCUT2D eigenvalue weighted by molar-refractivity contribution is -0.141. The molecule has 2 aromatic rings. The van der Waals surface area contributed by atoms with Crippen molar-refractivity contribution in [1.29, 1.82) is 5.26 Å². The van der Waals surface area contributed by atoms with Crippen LogP contribution in [-0.4, -0.2) is 41.6 Å². The summed E-state index contributed by atoms with van der Waals surface area (Å²) >= 11 is 0. The first-order chi connectivity index (χ1) is 14.9. The number of alkyl halides is 3. The molecule has 0 radical (unpaired) electrons. The zero-order chi connectivity index (χ0) is 23.7. The van der Waals surface area contributed by atoms with Gasteiger partial charge in [0.05, 0.1) is 5.56 Å². The van der Waals surface area contributed by atoms with Crippen LogP contribution in [0, 0.1) is 11.3 Å². The summed E-state index contributed by atoms with van der Waals surface area (Å²) in [6.45, 7) is 8.96. The number of halogens is 3. The quantitative estimate of drug-likeness (QED) is 0.705. The molecule has 1 saturated heterocycles. The lowest BCUT2D eigenvalue weighted by atomic mass is 9.87. The second-order valence-corrected chi connectivity index (χ2v) is 8.92. The molecular weight excluding hydrogens is 419 g/mol. The topological polar surface area (TPSA) is 72.3 Å². The molecule has 1 aromatic carbocycles. The molecule has 0 bridgehead atoms. The zero-order valence-corrected chi connectivity index (χ0v) is 18.5. The van der Waals surface area contributed by atoms with Crippen LogP contribution in [0.2, 0.25) is 0 Å². The number of benzene rings is 1. The van der Waals surface area contributed by atoms with Gasteiger partial charge in [0.2, 0.25) is 0 Å². The monoisotopic (exact) mass is 445 g/mol. The molecule has 1 aliphatic heterocycles. The Labute approximate surface area is 185 Å². The number of anilines is 2. The minimum Gasteiger partial charge on any atom is -0.352 e. The molecule has 32 heavy (non-hydrogen) atoms. The average molecular weight is 445 g/mol. The molecule has 3 rings (SSSR count). The van der Waals surface area contributed by atoms with Crippen molar-refractivity contribution in [2.24, 2.45) is 0 Å². The van der Waals surface area contributed by atoms with Gasteiger partial charge in [-0.05, 0) is 42.2 Å². The summed E-state index contributed by atoms with van der Waals surface area (Å²) in [4.78, 5) is 19.7. The highest BCUT2D eigenvalue weighted by molar-refractivity contribution is 5.89. The average Bonchev–Trinajstić information content (AvgIpc) is 2.72. The van der Waals surface area contributed by atoms with Gasteiger partial charge in [-0.25, -0.2) is 9.78 Å². The van der Waals surface area contributed by atoms with Crippen LogP contribution in [0.15, 0.2) is 36.4 Å². The molecule has 6 nitrogen and oxygen atoms in total. The fourth-order valence-corrected chi connectivity index (χ4v) is 3.64. The maximum Gasteiger partial charge on any atom is 0.433 e. The minimum absolute atomic E-state index is 0.00706. The van der Waals surface area contributed by atoms with E-state index in [0.29, 0.717) is 5.69 Å². The Morgan fingerprint density at radius 3 is 2.31 bits per heavy atom. The second-order valence-electron chi connectivity index (χ2n) is 8.92. The maximum absolute atomic E-state index is 13.1. The van der Waals surface area contributed by atoms with Crippen molar-refractivity contribution < 1.29 is 18.0 Å². The van der Waals surface area contributed by atoms with Crippen LogP contribution in [0.1, 0.15) is 44.5 Å². The molecule has 1 atom stereocenters. The van der Waals surface area contributed by atoms with E-state index in [1.807, 2.05) is 37.3 Å². The van der Waals surface area contributed by atoms with Gasteiger partial charge < -0.3 is 15.1 Å². The Kier molecular flexibility index (Phi) is 6.35.